The van der Waals surface area contributed by atoms with Crippen LogP contribution in [0.3, 0.4) is 0 Å². The maximum absolute atomic E-state index is 13.1. The van der Waals surface area contributed by atoms with Crippen LogP contribution >= 0.6 is 11.6 Å². The number of aliphatic hydroxyl groups is 1. The van der Waals surface area contributed by atoms with Crippen LogP contribution in [0.2, 0.25) is 5.02 Å². The van der Waals surface area contributed by atoms with Gasteiger partial charge in [-0.1, -0.05) is 23.8 Å². The molecule has 0 saturated heterocycles. The van der Waals surface area contributed by atoms with E-state index in [0.29, 0.717) is 0 Å². The molecule has 0 saturated carbocycles. The number of benzene rings is 1. The van der Waals surface area contributed by atoms with E-state index >= 15 is 0 Å². The summed E-state index contributed by atoms with van der Waals surface area (Å²) in [6, 6.07) is 2.32. The van der Waals surface area contributed by atoms with E-state index < -0.39 is 16.7 Å². The Morgan fingerprint density at radius 3 is 2.69 bits per heavy atom. The molecule has 0 radical (unpaired) electrons. The van der Waals surface area contributed by atoms with Gasteiger partial charge in [0.1, 0.15) is 10.8 Å². The summed E-state index contributed by atoms with van der Waals surface area (Å²) in [5.41, 5.74) is 0.153. The summed E-state index contributed by atoms with van der Waals surface area (Å²) in [6.07, 6.45) is 2.67. The minimum Gasteiger partial charge on any atom is -0.392 e. The van der Waals surface area contributed by atoms with Gasteiger partial charge >= 0.3 is 0 Å². The number of aliphatic hydroxyl groups excluding tert-OH is 1. The predicted molar refractivity (Wildman–Crippen MR) is 47.5 cm³/mol. The fourth-order valence-electron chi connectivity index (χ4n) is 0.849. The molecule has 0 unspecified atom stereocenters. The van der Waals surface area contributed by atoms with E-state index in [2.05, 4.69) is 0 Å². The van der Waals surface area contributed by atoms with Crippen molar-refractivity contribution in [3.05, 3.63) is 40.4 Å². The largest absolute Gasteiger partial charge is 0.392 e. The van der Waals surface area contributed by atoms with Gasteiger partial charge in [0, 0.05) is 5.56 Å². The van der Waals surface area contributed by atoms with Gasteiger partial charge in [0.15, 0.2) is 5.82 Å². The number of hydrogen-bond acceptors (Lipinski definition) is 1. The van der Waals surface area contributed by atoms with Crippen molar-refractivity contribution in [2.45, 2.75) is 0 Å². The van der Waals surface area contributed by atoms with E-state index in [4.69, 9.17) is 16.7 Å². The van der Waals surface area contributed by atoms with Crippen LogP contribution in [0.25, 0.3) is 6.08 Å². The van der Waals surface area contributed by atoms with Crippen molar-refractivity contribution >= 4 is 17.7 Å². The second kappa shape index (κ2) is 4.35. The first-order valence-corrected chi connectivity index (χ1v) is 3.95. The van der Waals surface area contributed by atoms with Gasteiger partial charge in [-0.25, -0.2) is 8.78 Å². The molecule has 0 aromatic heterocycles. The Bertz CT molecular complexity index is 337. The summed E-state index contributed by atoms with van der Waals surface area (Å²) in [4.78, 5) is 0. The molecule has 0 fully saturated rings. The van der Waals surface area contributed by atoms with Crippen molar-refractivity contribution in [2.75, 3.05) is 6.61 Å². The fourth-order valence-corrected chi connectivity index (χ4v) is 1.02. The minimum atomic E-state index is -0.814. The molecule has 1 aromatic carbocycles. The van der Waals surface area contributed by atoms with Crippen molar-refractivity contribution in [1.29, 1.82) is 0 Å². The van der Waals surface area contributed by atoms with Crippen LogP contribution in [-0.2, 0) is 0 Å². The van der Waals surface area contributed by atoms with E-state index in [1.165, 1.54) is 18.2 Å². The van der Waals surface area contributed by atoms with Crippen LogP contribution < -0.4 is 0 Å². The number of rotatable bonds is 2. The average molecular weight is 205 g/mol. The highest BCUT2D eigenvalue weighted by molar-refractivity contribution is 6.31. The van der Waals surface area contributed by atoms with Crippen LogP contribution in [0.4, 0.5) is 8.78 Å². The Morgan fingerprint density at radius 2 is 2.08 bits per heavy atom. The van der Waals surface area contributed by atoms with Crippen molar-refractivity contribution in [2.24, 2.45) is 0 Å². The second-order valence-corrected chi connectivity index (χ2v) is 2.73. The van der Waals surface area contributed by atoms with Crippen LogP contribution in [-0.4, -0.2) is 11.7 Å². The van der Waals surface area contributed by atoms with Crippen LogP contribution in [0, 0.1) is 11.6 Å². The predicted octanol–water partition coefficient (Wildman–Crippen LogP) is 2.62. The maximum Gasteiger partial charge on any atom is 0.151 e. The van der Waals surface area contributed by atoms with Gasteiger partial charge < -0.3 is 5.11 Å². The fraction of sp³-hybridized carbons (Fsp3) is 0.111. The zero-order chi connectivity index (χ0) is 9.84. The lowest BCUT2D eigenvalue weighted by atomic mass is 10.2. The molecule has 0 spiro atoms. The quantitative estimate of drug-likeness (QED) is 0.735. The van der Waals surface area contributed by atoms with Crippen LogP contribution in [0.1, 0.15) is 5.56 Å². The normalized spacial score (nSPS) is 11.1. The summed E-state index contributed by atoms with van der Waals surface area (Å²) < 4.78 is 25.7. The third-order valence-corrected chi connectivity index (χ3v) is 1.81. The van der Waals surface area contributed by atoms with E-state index in [-0.39, 0.29) is 12.2 Å². The van der Waals surface area contributed by atoms with Crippen molar-refractivity contribution in [3.63, 3.8) is 0 Å². The molecule has 70 valence electrons. The van der Waals surface area contributed by atoms with Crippen LogP contribution in [0.5, 0.6) is 0 Å². The molecule has 0 atom stereocenters. The highest BCUT2D eigenvalue weighted by atomic mass is 35.5. The zero-order valence-corrected chi connectivity index (χ0v) is 7.35. The minimum absolute atomic E-state index is 0.153. The summed E-state index contributed by atoms with van der Waals surface area (Å²) in [7, 11) is 0. The third kappa shape index (κ3) is 2.26. The molecule has 1 rings (SSSR count). The van der Waals surface area contributed by atoms with Gasteiger partial charge in [0.05, 0.1) is 6.61 Å². The van der Waals surface area contributed by atoms with Gasteiger partial charge in [-0.15, -0.1) is 0 Å². The first-order chi connectivity index (χ1) is 6.16. The van der Waals surface area contributed by atoms with Gasteiger partial charge in [-0.3, -0.25) is 0 Å². The zero-order valence-electron chi connectivity index (χ0n) is 6.60. The lowest BCUT2D eigenvalue weighted by molar-refractivity contribution is 0.343. The summed E-state index contributed by atoms with van der Waals surface area (Å²) >= 11 is 5.32. The van der Waals surface area contributed by atoms with Gasteiger partial charge in [0.2, 0.25) is 0 Å². The first kappa shape index (κ1) is 10.2. The molecule has 0 aliphatic heterocycles. The first-order valence-electron chi connectivity index (χ1n) is 3.57. The molecule has 13 heavy (non-hydrogen) atoms. The van der Waals surface area contributed by atoms with E-state index in [1.54, 1.807) is 0 Å². The lowest BCUT2D eigenvalue weighted by Crippen LogP contribution is -1.88. The molecule has 0 heterocycles. The molecule has 1 N–H and O–H groups in total. The smallest absolute Gasteiger partial charge is 0.151 e. The van der Waals surface area contributed by atoms with Gasteiger partial charge in [-0.2, -0.15) is 0 Å². The number of hydrogen-bond donors (Lipinski definition) is 1. The van der Waals surface area contributed by atoms with Crippen molar-refractivity contribution in [3.8, 4) is 0 Å². The molecule has 1 nitrogen and oxygen atoms in total. The Kier molecular flexibility index (Phi) is 3.39. The summed E-state index contributed by atoms with van der Waals surface area (Å²) in [5.74, 6) is -1.60. The SMILES string of the molecule is OC/C=C/c1ccc(F)c(Cl)c1F. The molecule has 1 aromatic rings. The van der Waals surface area contributed by atoms with Crippen molar-refractivity contribution in [1.82, 2.24) is 0 Å². The Morgan fingerprint density at radius 1 is 1.38 bits per heavy atom. The molecule has 0 amide bonds. The molecular formula is C9H7ClF2O. The van der Waals surface area contributed by atoms with E-state index in [0.717, 1.165) is 6.07 Å². The van der Waals surface area contributed by atoms with E-state index in [1.807, 2.05) is 0 Å². The standard InChI is InChI=1S/C9H7ClF2O/c10-8-7(11)4-3-6(9(8)12)2-1-5-13/h1-4,13H,5H2/b2-1+. The molecule has 4 heteroatoms. The summed E-state index contributed by atoms with van der Waals surface area (Å²) in [6.45, 7) is -0.200. The van der Waals surface area contributed by atoms with Crippen molar-refractivity contribution < 1.29 is 13.9 Å². The second-order valence-electron chi connectivity index (χ2n) is 2.35. The lowest BCUT2D eigenvalue weighted by Gasteiger charge is -1.99. The Labute approximate surface area is 79.3 Å². The van der Waals surface area contributed by atoms with Crippen LogP contribution in [0.15, 0.2) is 18.2 Å². The topological polar surface area (TPSA) is 20.2 Å². The third-order valence-electron chi connectivity index (χ3n) is 1.47. The number of halogens is 3. The molecule has 0 bridgehead atoms. The Balaban J connectivity index is 3.11. The summed E-state index contributed by atoms with van der Waals surface area (Å²) in [5, 5.41) is 7.90. The molecular weight excluding hydrogens is 198 g/mol. The van der Waals surface area contributed by atoms with Gasteiger partial charge in [0.25, 0.3) is 0 Å². The maximum atomic E-state index is 13.1. The van der Waals surface area contributed by atoms with Gasteiger partial charge in [-0.05, 0) is 12.1 Å². The average Bonchev–Trinajstić information content (AvgIpc) is 2.13. The monoisotopic (exact) mass is 204 g/mol. The molecule has 0 aliphatic rings. The highest BCUT2D eigenvalue weighted by Gasteiger charge is 2.08. The highest BCUT2D eigenvalue weighted by Crippen LogP contribution is 2.22. The van der Waals surface area contributed by atoms with E-state index in [9.17, 15) is 8.78 Å². The Hall–Kier alpha value is -0.930. The molecule has 0 aliphatic carbocycles.